The van der Waals surface area contributed by atoms with Crippen molar-refractivity contribution in [3.8, 4) is 5.75 Å². The molecule has 1 heterocycles. The molecule has 0 spiro atoms. The van der Waals surface area contributed by atoms with Crippen molar-refractivity contribution in [2.24, 2.45) is 0 Å². The predicted molar refractivity (Wildman–Crippen MR) is 153 cm³/mol. The van der Waals surface area contributed by atoms with E-state index in [1.165, 1.54) is 6.08 Å². The summed E-state index contributed by atoms with van der Waals surface area (Å²) in [5.74, 6) is -0.725. The second-order valence-electron chi connectivity index (χ2n) is 8.00. The Morgan fingerprint density at radius 2 is 1.60 bits per heavy atom. The molecule has 0 aromatic heterocycles. The van der Waals surface area contributed by atoms with E-state index < -0.39 is 17.8 Å². The quantitative estimate of drug-likeness (QED) is 0.189. The molecular formula is C26H19ClI2N2O4. The Balaban J connectivity index is 1.63. The third-order valence-corrected chi connectivity index (χ3v) is 7.20. The van der Waals surface area contributed by atoms with Crippen LogP contribution in [0.4, 0.5) is 10.5 Å². The number of aryl methyl sites for hydroxylation is 2. The van der Waals surface area contributed by atoms with Crippen LogP contribution in [0.25, 0.3) is 6.08 Å². The van der Waals surface area contributed by atoms with E-state index in [2.05, 4.69) is 50.5 Å². The van der Waals surface area contributed by atoms with Crippen LogP contribution in [0, 0.1) is 21.0 Å². The lowest BCUT2D eigenvalue weighted by Crippen LogP contribution is -2.54. The fraction of sp³-hybridized carbons (Fsp3) is 0.115. The highest BCUT2D eigenvalue weighted by molar-refractivity contribution is 14.1. The summed E-state index contributed by atoms with van der Waals surface area (Å²) < 4.78 is 7.62. The largest absolute Gasteiger partial charge is 0.487 e. The molecule has 1 aliphatic heterocycles. The van der Waals surface area contributed by atoms with Gasteiger partial charge in [0, 0.05) is 10.6 Å². The summed E-state index contributed by atoms with van der Waals surface area (Å²) in [6.07, 6.45) is 1.49. The normalized spacial score (nSPS) is 14.9. The number of carbonyl (C=O) groups excluding carboxylic acids is 3. The Bertz CT molecular complexity index is 1360. The molecule has 1 fully saturated rings. The minimum Gasteiger partial charge on any atom is -0.487 e. The Kier molecular flexibility index (Phi) is 7.82. The molecule has 0 bridgehead atoms. The summed E-state index contributed by atoms with van der Waals surface area (Å²) in [4.78, 5) is 39.3. The van der Waals surface area contributed by atoms with Crippen molar-refractivity contribution >= 4 is 86.4 Å². The lowest BCUT2D eigenvalue weighted by molar-refractivity contribution is -0.122. The summed E-state index contributed by atoms with van der Waals surface area (Å²) in [6, 6.07) is 15.7. The number of halogens is 3. The predicted octanol–water partition coefficient (Wildman–Crippen LogP) is 6.41. The van der Waals surface area contributed by atoms with Crippen molar-refractivity contribution in [1.29, 1.82) is 0 Å². The van der Waals surface area contributed by atoms with Gasteiger partial charge in [-0.2, -0.15) is 0 Å². The van der Waals surface area contributed by atoms with E-state index in [4.69, 9.17) is 16.3 Å². The summed E-state index contributed by atoms with van der Waals surface area (Å²) in [5.41, 5.74) is 3.60. The number of benzene rings is 3. The first-order valence-corrected chi connectivity index (χ1v) is 13.0. The second-order valence-corrected chi connectivity index (χ2v) is 10.7. The maximum absolute atomic E-state index is 13.2. The van der Waals surface area contributed by atoms with Crippen LogP contribution in [0.3, 0.4) is 0 Å². The molecule has 1 N–H and O–H groups in total. The minimum atomic E-state index is -0.769. The standard InChI is InChI=1S/C26H19ClI2N2O4/c1-14-7-15(2)9-18(8-14)31-25(33)19(24(32)30-26(31)34)10-16-11-21(28)23(22(29)12-16)35-13-17-5-3-4-6-20(17)27/h3-12H,13H2,1-2H3,(H,30,32,34)/b19-10+. The van der Waals surface area contributed by atoms with Crippen LogP contribution in [0.2, 0.25) is 5.02 Å². The van der Waals surface area contributed by atoms with Gasteiger partial charge in [-0.15, -0.1) is 0 Å². The molecule has 3 aromatic rings. The highest BCUT2D eigenvalue weighted by Crippen LogP contribution is 2.32. The molecule has 0 radical (unpaired) electrons. The summed E-state index contributed by atoms with van der Waals surface area (Å²) >= 11 is 10.5. The van der Waals surface area contributed by atoms with Crippen LogP contribution in [0.15, 0.2) is 60.2 Å². The van der Waals surface area contributed by atoms with E-state index in [1.54, 1.807) is 12.1 Å². The van der Waals surface area contributed by atoms with Crippen molar-refractivity contribution in [3.05, 3.63) is 94.6 Å². The number of ether oxygens (including phenoxy) is 1. The topological polar surface area (TPSA) is 75.7 Å². The van der Waals surface area contributed by atoms with Gasteiger partial charge in [0.25, 0.3) is 11.8 Å². The zero-order valence-electron chi connectivity index (χ0n) is 18.7. The van der Waals surface area contributed by atoms with Crippen LogP contribution in [0.1, 0.15) is 22.3 Å². The lowest BCUT2D eigenvalue weighted by atomic mass is 10.1. The molecule has 0 aliphatic carbocycles. The van der Waals surface area contributed by atoms with Crippen molar-refractivity contribution in [2.45, 2.75) is 20.5 Å². The van der Waals surface area contributed by atoms with Crippen LogP contribution in [0.5, 0.6) is 5.75 Å². The van der Waals surface area contributed by atoms with Crippen molar-refractivity contribution < 1.29 is 19.1 Å². The van der Waals surface area contributed by atoms with Crippen molar-refractivity contribution in [2.75, 3.05) is 4.90 Å². The number of hydrogen-bond acceptors (Lipinski definition) is 4. The van der Waals surface area contributed by atoms with Gasteiger partial charge < -0.3 is 4.74 Å². The van der Waals surface area contributed by atoms with Gasteiger partial charge in [0.15, 0.2) is 0 Å². The fourth-order valence-electron chi connectivity index (χ4n) is 3.70. The van der Waals surface area contributed by atoms with E-state index in [0.717, 1.165) is 28.7 Å². The molecule has 3 aromatic carbocycles. The van der Waals surface area contributed by atoms with Gasteiger partial charge >= 0.3 is 6.03 Å². The zero-order valence-corrected chi connectivity index (χ0v) is 23.8. The monoisotopic (exact) mass is 712 g/mol. The Morgan fingerprint density at radius 1 is 0.971 bits per heavy atom. The molecule has 35 heavy (non-hydrogen) atoms. The van der Waals surface area contributed by atoms with Gasteiger partial charge in [-0.25, -0.2) is 9.69 Å². The fourth-order valence-corrected chi connectivity index (χ4v) is 6.02. The van der Waals surface area contributed by atoms with Gasteiger partial charge in [0.05, 0.1) is 12.8 Å². The van der Waals surface area contributed by atoms with Crippen LogP contribution in [-0.4, -0.2) is 17.8 Å². The molecule has 178 valence electrons. The average molecular weight is 713 g/mol. The number of nitrogens with one attached hydrogen (secondary N) is 1. The van der Waals surface area contributed by atoms with E-state index in [-0.39, 0.29) is 5.57 Å². The van der Waals surface area contributed by atoms with E-state index >= 15 is 0 Å². The molecule has 0 atom stereocenters. The Labute approximate surface area is 235 Å². The molecule has 4 rings (SSSR count). The van der Waals surface area contributed by atoms with Crippen molar-refractivity contribution in [1.82, 2.24) is 5.32 Å². The number of urea groups is 1. The van der Waals surface area contributed by atoms with Gasteiger partial charge in [0.1, 0.15) is 17.9 Å². The number of imide groups is 2. The molecular weight excluding hydrogens is 694 g/mol. The SMILES string of the molecule is Cc1cc(C)cc(N2C(=O)NC(=O)/C(=C\c3cc(I)c(OCc4ccccc4Cl)c(I)c3)C2=O)c1. The van der Waals surface area contributed by atoms with Gasteiger partial charge in [-0.3, -0.25) is 14.9 Å². The number of carbonyl (C=O) groups is 3. The third kappa shape index (κ3) is 5.70. The van der Waals surface area contributed by atoms with E-state index in [9.17, 15) is 14.4 Å². The highest BCUT2D eigenvalue weighted by atomic mass is 127. The molecule has 6 nitrogen and oxygen atoms in total. The van der Waals surface area contributed by atoms with Gasteiger partial charge in [-0.05, 0) is 112 Å². The van der Waals surface area contributed by atoms with E-state index in [1.807, 2.05) is 56.3 Å². The van der Waals surface area contributed by atoms with Crippen LogP contribution >= 0.6 is 56.8 Å². The number of nitrogens with zero attached hydrogens (tertiary/aromatic N) is 1. The minimum absolute atomic E-state index is 0.125. The second kappa shape index (κ2) is 10.7. The number of rotatable bonds is 5. The molecule has 0 unspecified atom stereocenters. The summed E-state index contributed by atoms with van der Waals surface area (Å²) in [6.45, 7) is 4.06. The van der Waals surface area contributed by atoms with Crippen molar-refractivity contribution in [3.63, 3.8) is 0 Å². The molecule has 4 amide bonds. The third-order valence-electron chi connectivity index (χ3n) is 5.23. The first-order chi connectivity index (χ1) is 16.6. The zero-order chi connectivity index (χ0) is 25.3. The van der Waals surface area contributed by atoms with Gasteiger partial charge in [0.2, 0.25) is 0 Å². The van der Waals surface area contributed by atoms with Crippen LogP contribution < -0.4 is 15.0 Å². The highest BCUT2D eigenvalue weighted by Gasteiger charge is 2.37. The number of anilines is 1. The smallest absolute Gasteiger partial charge is 0.335 e. The summed E-state index contributed by atoms with van der Waals surface area (Å²) in [5, 5.41) is 2.90. The summed E-state index contributed by atoms with van der Waals surface area (Å²) in [7, 11) is 0. The Hall–Kier alpha value is -2.44. The molecule has 1 saturated heterocycles. The number of hydrogen-bond donors (Lipinski definition) is 1. The first kappa shape index (κ1) is 25.6. The maximum atomic E-state index is 13.2. The maximum Gasteiger partial charge on any atom is 0.335 e. The van der Waals surface area contributed by atoms with Gasteiger partial charge in [-0.1, -0.05) is 35.9 Å². The first-order valence-electron chi connectivity index (χ1n) is 10.5. The Morgan fingerprint density at radius 3 is 2.23 bits per heavy atom. The molecule has 1 aliphatic rings. The average Bonchev–Trinajstić information content (AvgIpc) is 2.76. The molecule has 9 heteroatoms. The van der Waals surface area contributed by atoms with Crippen LogP contribution in [-0.2, 0) is 16.2 Å². The number of barbiturate groups is 1. The van der Waals surface area contributed by atoms with E-state index in [0.29, 0.717) is 28.6 Å². The molecule has 0 saturated carbocycles. The number of amides is 4. The lowest BCUT2D eigenvalue weighted by Gasteiger charge is -2.27.